The molecule has 0 N–H and O–H groups in total. The lowest BCUT2D eigenvalue weighted by atomic mass is 10.1. The van der Waals surface area contributed by atoms with Crippen molar-refractivity contribution in [1.82, 2.24) is 14.5 Å². The van der Waals surface area contributed by atoms with Crippen molar-refractivity contribution in [3.63, 3.8) is 0 Å². The van der Waals surface area contributed by atoms with Crippen molar-refractivity contribution < 1.29 is 0 Å². The zero-order valence-corrected chi connectivity index (χ0v) is 16.9. The molecule has 0 radical (unpaired) electrons. The average Bonchev–Trinajstić information content (AvgIpc) is 3.25. The van der Waals surface area contributed by atoms with Gasteiger partial charge in [-0.3, -0.25) is 9.55 Å². The monoisotopic (exact) mass is 399 g/mol. The molecule has 1 aliphatic rings. The number of fused-ring (bicyclic) bond motifs is 2. The summed E-state index contributed by atoms with van der Waals surface area (Å²) >= 11 is 1.69. The zero-order chi connectivity index (χ0) is 19.6. The molecule has 4 aromatic rings. The molecule has 5 rings (SSSR count). The third-order valence-corrected chi connectivity index (χ3v) is 6.60. The van der Waals surface area contributed by atoms with Crippen LogP contribution in [0.4, 0.5) is 0 Å². The van der Waals surface area contributed by atoms with Gasteiger partial charge < -0.3 is 0 Å². The molecule has 0 unspecified atom stereocenters. The number of rotatable bonds is 5. The molecule has 0 amide bonds. The van der Waals surface area contributed by atoms with Gasteiger partial charge in [0.25, 0.3) is 0 Å². The highest BCUT2D eigenvalue weighted by Gasteiger charge is 2.22. The van der Waals surface area contributed by atoms with Crippen LogP contribution in [0.1, 0.15) is 28.8 Å². The Labute approximate surface area is 173 Å². The van der Waals surface area contributed by atoms with E-state index >= 15 is 0 Å². The summed E-state index contributed by atoms with van der Waals surface area (Å²) in [6.45, 7) is 0.560. The van der Waals surface area contributed by atoms with Gasteiger partial charge in [0.2, 0.25) is 0 Å². The van der Waals surface area contributed by atoms with E-state index in [4.69, 9.17) is 0 Å². The lowest BCUT2D eigenvalue weighted by molar-refractivity contribution is 0.666. The van der Waals surface area contributed by atoms with Crippen LogP contribution in [0.15, 0.2) is 76.8 Å². The summed E-state index contributed by atoms with van der Waals surface area (Å²) in [5.41, 5.74) is 4.62. The maximum Gasteiger partial charge on any atom is 0.349 e. The minimum atomic E-state index is -0.150. The first-order valence-corrected chi connectivity index (χ1v) is 10.9. The molecule has 0 saturated carbocycles. The minimum Gasteiger partial charge on any atom is -0.292 e. The summed E-state index contributed by atoms with van der Waals surface area (Å²) in [6, 6.07) is 18.8. The molecule has 0 spiro atoms. The first-order chi connectivity index (χ1) is 14.3. The SMILES string of the molecule is O=c1nc(SCc2cccc3ccccc23)c2c(n1Cc1ccncc1)CCC2. The van der Waals surface area contributed by atoms with Crippen molar-refractivity contribution in [3.8, 4) is 0 Å². The van der Waals surface area contributed by atoms with Gasteiger partial charge in [0.15, 0.2) is 0 Å². The Morgan fingerprint density at radius 3 is 2.69 bits per heavy atom. The van der Waals surface area contributed by atoms with E-state index in [1.54, 1.807) is 24.2 Å². The highest BCUT2D eigenvalue weighted by Crippen LogP contribution is 2.32. The Balaban J connectivity index is 1.46. The van der Waals surface area contributed by atoms with E-state index in [2.05, 4.69) is 52.4 Å². The van der Waals surface area contributed by atoms with Crippen LogP contribution in [0, 0.1) is 0 Å². The average molecular weight is 400 g/mol. The number of benzene rings is 2. The van der Waals surface area contributed by atoms with Crippen LogP contribution in [0.25, 0.3) is 10.8 Å². The molecule has 29 heavy (non-hydrogen) atoms. The third kappa shape index (κ3) is 3.58. The second kappa shape index (κ2) is 7.84. The highest BCUT2D eigenvalue weighted by molar-refractivity contribution is 7.98. The number of thioether (sulfide) groups is 1. The zero-order valence-electron chi connectivity index (χ0n) is 16.0. The number of nitrogens with zero attached hydrogens (tertiary/aromatic N) is 3. The van der Waals surface area contributed by atoms with Gasteiger partial charge in [-0.05, 0) is 53.3 Å². The Hall–Kier alpha value is -2.92. The summed E-state index contributed by atoms with van der Waals surface area (Å²) in [4.78, 5) is 21.4. The molecular weight excluding hydrogens is 378 g/mol. The molecule has 0 fully saturated rings. The van der Waals surface area contributed by atoms with Crippen LogP contribution in [0.3, 0.4) is 0 Å². The standard InChI is InChI=1S/C24H21N3OS/c28-24-26-23(29-16-19-7-3-6-18-5-1-2-8-20(18)19)21-9-4-10-22(21)27(24)15-17-11-13-25-14-12-17/h1-3,5-8,11-14H,4,9-10,15-16H2. The Bertz CT molecular complexity index is 1230. The van der Waals surface area contributed by atoms with Crippen LogP contribution >= 0.6 is 11.8 Å². The second-order valence-corrected chi connectivity index (χ2v) is 8.31. The van der Waals surface area contributed by atoms with Gasteiger partial charge in [-0.25, -0.2) is 4.79 Å². The maximum absolute atomic E-state index is 12.9. The fourth-order valence-corrected chi connectivity index (χ4v) is 5.18. The van der Waals surface area contributed by atoms with Crippen molar-refractivity contribution in [2.45, 2.75) is 36.6 Å². The third-order valence-electron chi connectivity index (χ3n) is 5.54. The molecule has 1 aliphatic carbocycles. The van der Waals surface area contributed by atoms with E-state index < -0.39 is 0 Å². The van der Waals surface area contributed by atoms with Gasteiger partial charge in [-0.15, -0.1) is 11.8 Å². The first kappa shape index (κ1) is 18.1. The largest absolute Gasteiger partial charge is 0.349 e. The number of hydrogen-bond acceptors (Lipinski definition) is 4. The summed E-state index contributed by atoms with van der Waals surface area (Å²) < 4.78 is 1.85. The predicted molar refractivity (Wildman–Crippen MR) is 117 cm³/mol. The highest BCUT2D eigenvalue weighted by atomic mass is 32.2. The Kier molecular flexibility index (Phi) is 4.90. The van der Waals surface area contributed by atoms with E-state index in [1.165, 1.54) is 21.9 Å². The van der Waals surface area contributed by atoms with Crippen LogP contribution in [0.2, 0.25) is 0 Å². The van der Waals surface area contributed by atoms with E-state index in [0.29, 0.717) is 6.54 Å². The minimum absolute atomic E-state index is 0.150. The smallest absolute Gasteiger partial charge is 0.292 e. The quantitative estimate of drug-likeness (QED) is 0.363. The molecule has 0 atom stereocenters. The van der Waals surface area contributed by atoms with E-state index in [9.17, 15) is 4.79 Å². The van der Waals surface area contributed by atoms with Crippen molar-refractivity contribution in [3.05, 3.63) is 99.9 Å². The summed E-state index contributed by atoms with van der Waals surface area (Å²) in [6.07, 6.45) is 6.56. The number of aromatic nitrogens is 3. The molecule has 0 bridgehead atoms. The second-order valence-electron chi connectivity index (χ2n) is 7.35. The van der Waals surface area contributed by atoms with Gasteiger partial charge in [-0.1, -0.05) is 42.5 Å². The van der Waals surface area contributed by atoms with Crippen LogP contribution in [-0.2, 0) is 25.1 Å². The molecule has 2 heterocycles. The normalized spacial score (nSPS) is 13.0. The first-order valence-electron chi connectivity index (χ1n) is 9.90. The Morgan fingerprint density at radius 1 is 0.966 bits per heavy atom. The van der Waals surface area contributed by atoms with Gasteiger partial charge in [0.05, 0.1) is 6.54 Å². The Morgan fingerprint density at radius 2 is 1.79 bits per heavy atom. The van der Waals surface area contributed by atoms with Gasteiger partial charge >= 0.3 is 5.69 Å². The molecule has 4 nitrogen and oxygen atoms in total. The fraction of sp³-hybridized carbons (Fsp3) is 0.208. The van der Waals surface area contributed by atoms with Crippen molar-refractivity contribution >= 4 is 22.5 Å². The van der Waals surface area contributed by atoms with Crippen molar-refractivity contribution in [2.24, 2.45) is 0 Å². The predicted octanol–water partition coefficient (Wildman–Crippen LogP) is 4.62. The van der Waals surface area contributed by atoms with Crippen molar-refractivity contribution in [2.75, 3.05) is 0 Å². The van der Waals surface area contributed by atoms with Crippen LogP contribution in [-0.4, -0.2) is 14.5 Å². The summed E-state index contributed by atoms with van der Waals surface area (Å²) in [5.74, 6) is 0.814. The van der Waals surface area contributed by atoms with Gasteiger partial charge in [-0.2, -0.15) is 4.98 Å². The molecule has 2 aromatic carbocycles. The molecule has 5 heteroatoms. The van der Waals surface area contributed by atoms with Crippen LogP contribution in [0.5, 0.6) is 0 Å². The fourth-order valence-electron chi connectivity index (χ4n) is 4.10. The lowest BCUT2D eigenvalue weighted by Crippen LogP contribution is -2.27. The molecule has 2 aromatic heterocycles. The lowest BCUT2D eigenvalue weighted by Gasteiger charge is -2.14. The maximum atomic E-state index is 12.9. The number of pyridine rings is 1. The van der Waals surface area contributed by atoms with E-state index in [1.807, 2.05) is 16.7 Å². The molecule has 0 saturated heterocycles. The summed E-state index contributed by atoms with van der Waals surface area (Å²) in [7, 11) is 0. The van der Waals surface area contributed by atoms with Gasteiger partial charge in [0.1, 0.15) is 5.03 Å². The van der Waals surface area contributed by atoms with E-state index in [0.717, 1.165) is 41.3 Å². The molecular formula is C24H21N3OS. The van der Waals surface area contributed by atoms with Crippen molar-refractivity contribution in [1.29, 1.82) is 0 Å². The molecule has 144 valence electrons. The van der Waals surface area contributed by atoms with E-state index in [-0.39, 0.29) is 5.69 Å². The topological polar surface area (TPSA) is 47.8 Å². The van der Waals surface area contributed by atoms with Crippen LogP contribution < -0.4 is 5.69 Å². The van der Waals surface area contributed by atoms with Gasteiger partial charge in [0, 0.05) is 29.4 Å². The molecule has 0 aliphatic heterocycles. The number of hydrogen-bond donors (Lipinski definition) is 0. The summed E-state index contributed by atoms with van der Waals surface area (Å²) in [5, 5.41) is 3.42.